The number of aryl methyl sites for hydroxylation is 1. The molecule has 3 aromatic rings. The lowest BCUT2D eigenvalue weighted by atomic mass is 10.0. The molecular weight excluding hydrogens is 402 g/mol. The van der Waals surface area contributed by atoms with E-state index in [1.54, 1.807) is 13.1 Å². The van der Waals surface area contributed by atoms with Crippen LogP contribution in [0.1, 0.15) is 5.56 Å². The molecule has 0 amide bonds. The molecule has 2 aromatic carbocycles. The zero-order chi connectivity index (χ0) is 19.8. The molecule has 142 valence electrons. The summed E-state index contributed by atoms with van der Waals surface area (Å²) in [5, 5.41) is 3.62. The fourth-order valence-electron chi connectivity index (χ4n) is 2.57. The lowest BCUT2D eigenvalue weighted by molar-refractivity contribution is 0.597. The SMILES string of the molecule is CNc1ccc(S(=O)(=O)c2cc(-c3ccc(C)cc3)cc(S(C)(=O)=O)c2)s1. The molecule has 0 atom stereocenters. The van der Waals surface area contributed by atoms with Crippen molar-refractivity contribution in [2.24, 2.45) is 0 Å². The van der Waals surface area contributed by atoms with Gasteiger partial charge in [-0.15, -0.1) is 11.3 Å². The molecule has 0 unspecified atom stereocenters. The maximum Gasteiger partial charge on any atom is 0.216 e. The highest BCUT2D eigenvalue weighted by Crippen LogP contribution is 2.34. The molecule has 0 bridgehead atoms. The van der Waals surface area contributed by atoms with Gasteiger partial charge in [-0.3, -0.25) is 0 Å². The Balaban J connectivity index is 2.23. The smallest absolute Gasteiger partial charge is 0.216 e. The molecule has 0 radical (unpaired) electrons. The fourth-order valence-corrected chi connectivity index (χ4v) is 5.96. The van der Waals surface area contributed by atoms with Gasteiger partial charge in [0.1, 0.15) is 4.21 Å². The van der Waals surface area contributed by atoms with Gasteiger partial charge in [-0.25, -0.2) is 16.8 Å². The van der Waals surface area contributed by atoms with Crippen LogP contribution < -0.4 is 5.32 Å². The van der Waals surface area contributed by atoms with Gasteiger partial charge in [0, 0.05) is 13.3 Å². The predicted octanol–water partition coefficient (Wildman–Crippen LogP) is 4.00. The zero-order valence-corrected chi connectivity index (χ0v) is 17.5. The summed E-state index contributed by atoms with van der Waals surface area (Å²) in [6.45, 7) is 1.95. The molecule has 0 aliphatic carbocycles. The number of benzene rings is 2. The van der Waals surface area contributed by atoms with Crippen molar-refractivity contribution >= 4 is 36.0 Å². The van der Waals surface area contributed by atoms with Gasteiger partial charge in [0.05, 0.1) is 14.8 Å². The van der Waals surface area contributed by atoms with Crippen LogP contribution in [0.5, 0.6) is 0 Å². The fraction of sp³-hybridized carbons (Fsp3) is 0.158. The first-order valence-corrected chi connectivity index (χ1v) is 12.3. The maximum atomic E-state index is 13.1. The normalized spacial score (nSPS) is 12.1. The van der Waals surface area contributed by atoms with E-state index in [4.69, 9.17) is 0 Å². The summed E-state index contributed by atoms with van der Waals surface area (Å²) in [5.41, 5.74) is 2.36. The topological polar surface area (TPSA) is 80.3 Å². The van der Waals surface area contributed by atoms with Gasteiger partial charge in [0.15, 0.2) is 9.84 Å². The van der Waals surface area contributed by atoms with Crippen LogP contribution in [0.4, 0.5) is 5.00 Å². The highest BCUT2D eigenvalue weighted by atomic mass is 32.2. The maximum absolute atomic E-state index is 13.1. The van der Waals surface area contributed by atoms with Crippen LogP contribution in [-0.4, -0.2) is 30.1 Å². The molecule has 8 heteroatoms. The van der Waals surface area contributed by atoms with Crippen molar-refractivity contribution in [3.63, 3.8) is 0 Å². The minimum atomic E-state index is -3.84. The Morgan fingerprint density at radius 1 is 0.815 bits per heavy atom. The quantitative estimate of drug-likeness (QED) is 0.673. The van der Waals surface area contributed by atoms with E-state index in [1.807, 2.05) is 31.2 Å². The minimum Gasteiger partial charge on any atom is -0.380 e. The van der Waals surface area contributed by atoms with E-state index in [1.165, 1.54) is 24.3 Å². The zero-order valence-electron chi connectivity index (χ0n) is 15.1. The summed E-state index contributed by atoms with van der Waals surface area (Å²) >= 11 is 1.10. The first-order valence-electron chi connectivity index (χ1n) is 8.06. The highest BCUT2D eigenvalue weighted by Gasteiger charge is 2.23. The molecule has 1 N–H and O–H groups in total. The average Bonchev–Trinajstić information content (AvgIpc) is 3.11. The lowest BCUT2D eigenvalue weighted by Crippen LogP contribution is -2.04. The van der Waals surface area contributed by atoms with E-state index in [0.717, 1.165) is 28.7 Å². The van der Waals surface area contributed by atoms with Crippen LogP contribution in [0, 0.1) is 6.92 Å². The second-order valence-electron chi connectivity index (χ2n) is 6.20. The number of nitrogens with one attached hydrogen (secondary N) is 1. The van der Waals surface area contributed by atoms with E-state index in [2.05, 4.69) is 5.32 Å². The first-order chi connectivity index (χ1) is 12.6. The first kappa shape index (κ1) is 19.6. The predicted molar refractivity (Wildman–Crippen MR) is 109 cm³/mol. The van der Waals surface area contributed by atoms with Crippen molar-refractivity contribution in [2.75, 3.05) is 18.6 Å². The lowest BCUT2D eigenvalue weighted by Gasteiger charge is -2.10. The van der Waals surface area contributed by atoms with Gasteiger partial charge in [0.2, 0.25) is 9.84 Å². The molecule has 0 saturated carbocycles. The van der Waals surface area contributed by atoms with Gasteiger partial charge >= 0.3 is 0 Å². The standard InChI is InChI=1S/C19H19NO4S3/c1-13-4-6-14(7-5-13)15-10-16(26(3,21)22)12-17(11-15)27(23,24)19-9-8-18(20-2)25-19/h4-12,20H,1-3H3. The molecule has 27 heavy (non-hydrogen) atoms. The van der Waals surface area contributed by atoms with E-state index in [-0.39, 0.29) is 14.0 Å². The Morgan fingerprint density at radius 3 is 2.00 bits per heavy atom. The Morgan fingerprint density at radius 2 is 1.44 bits per heavy atom. The molecule has 0 saturated heterocycles. The molecule has 5 nitrogen and oxygen atoms in total. The number of sulfone groups is 2. The Bertz CT molecular complexity index is 1190. The largest absolute Gasteiger partial charge is 0.380 e. The summed E-state index contributed by atoms with van der Waals surface area (Å²) < 4.78 is 50.6. The van der Waals surface area contributed by atoms with Crippen LogP contribution in [0.3, 0.4) is 0 Å². The van der Waals surface area contributed by atoms with E-state index < -0.39 is 19.7 Å². The molecule has 0 aliphatic rings. The Labute approximate surface area is 163 Å². The number of thiophene rings is 1. The van der Waals surface area contributed by atoms with Crippen molar-refractivity contribution in [2.45, 2.75) is 20.9 Å². The van der Waals surface area contributed by atoms with E-state index in [0.29, 0.717) is 10.6 Å². The molecule has 1 aromatic heterocycles. The van der Waals surface area contributed by atoms with Crippen molar-refractivity contribution in [1.82, 2.24) is 0 Å². The van der Waals surface area contributed by atoms with E-state index >= 15 is 0 Å². The van der Waals surface area contributed by atoms with Crippen molar-refractivity contribution in [1.29, 1.82) is 0 Å². The third-order valence-electron chi connectivity index (χ3n) is 4.10. The van der Waals surface area contributed by atoms with Gasteiger partial charge in [-0.2, -0.15) is 0 Å². The summed E-state index contributed by atoms with van der Waals surface area (Å²) in [6, 6.07) is 14.9. The summed E-state index contributed by atoms with van der Waals surface area (Å²) in [6.07, 6.45) is 1.07. The summed E-state index contributed by atoms with van der Waals surface area (Å²) in [7, 11) is -5.70. The van der Waals surface area contributed by atoms with Crippen molar-refractivity contribution in [3.05, 3.63) is 60.2 Å². The number of anilines is 1. The second-order valence-corrected chi connectivity index (χ2v) is 11.5. The van der Waals surface area contributed by atoms with Crippen molar-refractivity contribution < 1.29 is 16.8 Å². The van der Waals surface area contributed by atoms with Crippen LogP contribution >= 0.6 is 11.3 Å². The molecule has 0 aliphatic heterocycles. The van der Waals surface area contributed by atoms with Crippen molar-refractivity contribution in [3.8, 4) is 11.1 Å². The van der Waals surface area contributed by atoms with Crippen LogP contribution in [0.25, 0.3) is 11.1 Å². The highest BCUT2D eigenvalue weighted by molar-refractivity contribution is 7.93. The molecular formula is C19H19NO4S3. The Kier molecular flexibility index (Phi) is 5.16. The van der Waals surface area contributed by atoms with E-state index in [9.17, 15) is 16.8 Å². The molecule has 0 spiro atoms. The number of rotatable bonds is 5. The monoisotopic (exact) mass is 421 g/mol. The van der Waals surface area contributed by atoms with Crippen LogP contribution in [0.2, 0.25) is 0 Å². The Hall–Kier alpha value is -2.16. The van der Waals surface area contributed by atoms with Crippen LogP contribution in [0.15, 0.2) is 68.6 Å². The van der Waals surface area contributed by atoms with Gasteiger partial charge in [0.25, 0.3) is 0 Å². The minimum absolute atomic E-state index is 0.0236. The second kappa shape index (κ2) is 7.10. The number of hydrogen-bond donors (Lipinski definition) is 1. The van der Waals surface area contributed by atoms with Crippen LogP contribution in [-0.2, 0) is 19.7 Å². The average molecular weight is 422 g/mol. The third kappa shape index (κ3) is 4.07. The summed E-state index contributed by atoms with van der Waals surface area (Å²) in [5.74, 6) is 0. The number of hydrogen-bond acceptors (Lipinski definition) is 6. The van der Waals surface area contributed by atoms with Gasteiger partial charge in [-0.05, 0) is 48.4 Å². The molecule has 1 heterocycles. The van der Waals surface area contributed by atoms with Gasteiger partial charge in [-0.1, -0.05) is 29.8 Å². The van der Waals surface area contributed by atoms with Gasteiger partial charge < -0.3 is 5.32 Å². The summed E-state index contributed by atoms with van der Waals surface area (Å²) in [4.78, 5) is -0.0601. The molecule has 0 fully saturated rings. The molecule has 3 rings (SSSR count). The third-order valence-corrected chi connectivity index (χ3v) is 8.52.